The minimum Gasteiger partial charge on any atom is -0.463 e. The quantitative estimate of drug-likeness (QED) is 0.750. The number of esters is 1. The Bertz CT molecular complexity index is 470. The monoisotopic (exact) mass is 305 g/mol. The van der Waals surface area contributed by atoms with Gasteiger partial charge >= 0.3 is 5.97 Å². The molecule has 0 radical (unpaired) electrons. The minimum atomic E-state index is -0.282. The fourth-order valence-electron chi connectivity index (χ4n) is 2.35. The Hall–Kier alpha value is -1.84. The summed E-state index contributed by atoms with van der Waals surface area (Å²) in [5.41, 5.74) is 1.01. The van der Waals surface area contributed by atoms with Crippen LogP contribution in [0.3, 0.4) is 0 Å². The molecule has 0 saturated carbocycles. The Morgan fingerprint density at radius 3 is 2.32 bits per heavy atom. The van der Waals surface area contributed by atoms with Crippen LogP contribution in [0.4, 0.5) is 0 Å². The highest BCUT2D eigenvalue weighted by Gasteiger charge is 2.25. The fourth-order valence-corrected chi connectivity index (χ4v) is 2.35. The van der Waals surface area contributed by atoms with Gasteiger partial charge in [0.05, 0.1) is 18.4 Å². The summed E-state index contributed by atoms with van der Waals surface area (Å²) in [7, 11) is 0. The zero-order valence-corrected chi connectivity index (χ0v) is 14.0. The van der Waals surface area contributed by atoms with Crippen LogP contribution in [-0.2, 0) is 14.3 Å². The molecule has 1 aromatic carbocycles. The molecule has 0 aliphatic rings. The molecule has 0 aromatic heterocycles. The van der Waals surface area contributed by atoms with E-state index in [0.717, 1.165) is 12.0 Å². The number of nitrogens with one attached hydrogen (secondary N) is 1. The molecular weight excluding hydrogens is 278 g/mol. The van der Waals surface area contributed by atoms with Gasteiger partial charge in [0, 0.05) is 6.54 Å². The van der Waals surface area contributed by atoms with Crippen LogP contribution in [0, 0.1) is 5.92 Å². The van der Waals surface area contributed by atoms with E-state index in [4.69, 9.17) is 4.74 Å². The Morgan fingerprint density at radius 2 is 1.77 bits per heavy atom. The number of benzene rings is 1. The molecule has 2 unspecified atom stereocenters. The maximum absolute atomic E-state index is 12.5. The van der Waals surface area contributed by atoms with Crippen LogP contribution < -0.4 is 5.32 Å². The topological polar surface area (TPSA) is 55.4 Å². The summed E-state index contributed by atoms with van der Waals surface area (Å²) in [6.07, 6.45) is 0.995. The Labute approximate surface area is 133 Å². The van der Waals surface area contributed by atoms with Gasteiger partial charge in [-0.15, -0.1) is 0 Å². The van der Waals surface area contributed by atoms with Crippen LogP contribution in [0.5, 0.6) is 0 Å². The van der Waals surface area contributed by atoms with E-state index in [-0.39, 0.29) is 36.2 Å². The van der Waals surface area contributed by atoms with Crippen molar-refractivity contribution in [2.45, 2.75) is 52.6 Å². The van der Waals surface area contributed by atoms with Gasteiger partial charge in [0.25, 0.3) is 0 Å². The number of hydrogen-bond acceptors (Lipinski definition) is 3. The molecule has 1 rings (SSSR count). The van der Waals surface area contributed by atoms with Gasteiger partial charge in [0.2, 0.25) is 5.91 Å². The van der Waals surface area contributed by atoms with E-state index >= 15 is 0 Å². The summed E-state index contributed by atoms with van der Waals surface area (Å²) in [6.45, 7) is 8.08. The number of carbonyl (C=O) groups is 2. The number of carbonyl (C=O) groups excluding carboxylic acids is 2. The van der Waals surface area contributed by atoms with Crippen LogP contribution in [0.25, 0.3) is 0 Å². The van der Waals surface area contributed by atoms with E-state index in [1.54, 1.807) is 0 Å². The predicted octanol–water partition coefficient (Wildman–Crippen LogP) is 3.27. The summed E-state index contributed by atoms with van der Waals surface area (Å²) in [5, 5.41) is 2.86. The van der Waals surface area contributed by atoms with E-state index in [0.29, 0.717) is 6.54 Å². The van der Waals surface area contributed by atoms with Crippen molar-refractivity contribution in [2.75, 3.05) is 6.54 Å². The summed E-state index contributed by atoms with van der Waals surface area (Å²) < 4.78 is 5.06. The van der Waals surface area contributed by atoms with Crippen molar-refractivity contribution in [3.63, 3.8) is 0 Å². The molecule has 0 spiro atoms. The average Bonchev–Trinajstić information content (AvgIpc) is 2.47. The van der Waals surface area contributed by atoms with Gasteiger partial charge < -0.3 is 10.1 Å². The molecule has 0 aliphatic carbocycles. The molecule has 122 valence electrons. The van der Waals surface area contributed by atoms with Gasteiger partial charge in [-0.3, -0.25) is 9.59 Å². The smallest absolute Gasteiger partial charge is 0.307 e. The summed E-state index contributed by atoms with van der Waals surface area (Å²) in [5.74, 6) is -0.259. The Kier molecular flexibility index (Phi) is 7.64. The average molecular weight is 305 g/mol. The second kappa shape index (κ2) is 9.23. The number of ether oxygens (including phenoxy) is 1. The summed E-state index contributed by atoms with van der Waals surface area (Å²) in [6, 6.07) is 9.78. The molecule has 0 heterocycles. The van der Waals surface area contributed by atoms with E-state index in [1.807, 2.05) is 44.2 Å². The van der Waals surface area contributed by atoms with Gasteiger partial charge in [-0.2, -0.15) is 0 Å². The summed E-state index contributed by atoms with van der Waals surface area (Å²) in [4.78, 5) is 24.0. The van der Waals surface area contributed by atoms with E-state index in [1.165, 1.54) is 0 Å². The lowest BCUT2D eigenvalue weighted by atomic mass is 9.85. The van der Waals surface area contributed by atoms with Gasteiger partial charge in [0.1, 0.15) is 0 Å². The Morgan fingerprint density at radius 1 is 1.14 bits per heavy atom. The lowest BCUT2D eigenvalue weighted by Crippen LogP contribution is -2.34. The second-order valence-electron chi connectivity index (χ2n) is 5.85. The zero-order valence-electron chi connectivity index (χ0n) is 14.0. The standard InChI is InChI=1S/C18H27NO3/c1-5-14(4)17(15-9-7-6-8-10-15)18(21)19-12-11-16(20)22-13(2)3/h6-10,13-14,17H,5,11-12H2,1-4H3,(H,19,21). The van der Waals surface area contributed by atoms with Crippen LogP contribution in [0.15, 0.2) is 30.3 Å². The molecular formula is C18H27NO3. The number of amides is 1. The van der Waals surface area contributed by atoms with Crippen molar-refractivity contribution in [3.05, 3.63) is 35.9 Å². The molecule has 1 N–H and O–H groups in total. The van der Waals surface area contributed by atoms with Crippen LogP contribution in [-0.4, -0.2) is 24.5 Å². The third-order valence-corrected chi connectivity index (χ3v) is 3.65. The normalized spacial score (nSPS) is 13.5. The first kappa shape index (κ1) is 18.2. The van der Waals surface area contributed by atoms with Crippen molar-refractivity contribution in [1.82, 2.24) is 5.32 Å². The van der Waals surface area contributed by atoms with Crippen molar-refractivity contribution in [1.29, 1.82) is 0 Å². The first-order valence-corrected chi connectivity index (χ1v) is 7.97. The molecule has 4 nitrogen and oxygen atoms in total. The maximum Gasteiger partial charge on any atom is 0.307 e. The highest BCUT2D eigenvalue weighted by atomic mass is 16.5. The third-order valence-electron chi connectivity index (χ3n) is 3.65. The largest absolute Gasteiger partial charge is 0.463 e. The molecule has 22 heavy (non-hydrogen) atoms. The molecule has 0 bridgehead atoms. The molecule has 0 saturated heterocycles. The molecule has 2 atom stereocenters. The van der Waals surface area contributed by atoms with Gasteiger partial charge in [-0.25, -0.2) is 0 Å². The zero-order chi connectivity index (χ0) is 16.5. The second-order valence-corrected chi connectivity index (χ2v) is 5.85. The molecule has 0 aliphatic heterocycles. The van der Waals surface area contributed by atoms with Crippen LogP contribution in [0.2, 0.25) is 0 Å². The number of rotatable bonds is 8. The number of hydrogen-bond donors (Lipinski definition) is 1. The van der Waals surface area contributed by atoms with Gasteiger partial charge in [0.15, 0.2) is 0 Å². The first-order chi connectivity index (χ1) is 10.5. The lowest BCUT2D eigenvalue weighted by Gasteiger charge is -2.22. The highest BCUT2D eigenvalue weighted by Crippen LogP contribution is 2.27. The van der Waals surface area contributed by atoms with Crippen LogP contribution >= 0.6 is 0 Å². The summed E-state index contributed by atoms with van der Waals surface area (Å²) >= 11 is 0. The predicted molar refractivity (Wildman–Crippen MR) is 87.5 cm³/mol. The van der Waals surface area contributed by atoms with Crippen molar-refractivity contribution < 1.29 is 14.3 Å². The first-order valence-electron chi connectivity index (χ1n) is 7.97. The van der Waals surface area contributed by atoms with E-state index in [2.05, 4.69) is 19.2 Å². The molecule has 0 fully saturated rings. The maximum atomic E-state index is 12.5. The SMILES string of the molecule is CCC(C)C(C(=O)NCCC(=O)OC(C)C)c1ccccc1. The van der Waals surface area contributed by atoms with E-state index < -0.39 is 0 Å². The van der Waals surface area contributed by atoms with Crippen molar-refractivity contribution in [2.24, 2.45) is 5.92 Å². The molecule has 1 amide bonds. The lowest BCUT2D eigenvalue weighted by molar-refractivity contribution is -0.147. The van der Waals surface area contributed by atoms with Crippen molar-refractivity contribution >= 4 is 11.9 Å². The third kappa shape index (κ3) is 5.88. The Balaban J connectivity index is 2.60. The minimum absolute atomic E-state index is 0.0297. The fraction of sp³-hybridized carbons (Fsp3) is 0.556. The highest BCUT2D eigenvalue weighted by molar-refractivity contribution is 5.84. The molecule has 4 heteroatoms. The van der Waals surface area contributed by atoms with Gasteiger partial charge in [-0.1, -0.05) is 50.6 Å². The van der Waals surface area contributed by atoms with Crippen molar-refractivity contribution in [3.8, 4) is 0 Å². The van der Waals surface area contributed by atoms with E-state index in [9.17, 15) is 9.59 Å². The molecule has 1 aromatic rings. The van der Waals surface area contributed by atoms with Gasteiger partial charge in [-0.05, 0) is 25.3 Å². The van der Waals surface area contributed by atoms with Crippen LogP contribution in [0.1, 0.15) is 52.0 Å².